The molecular weight excluding hydrogens is 240 g/mol. The highest BCUT2D eigenvalue weighted by atomic mass is 16.6. The maximum Gasteiger partial charge on any atom is 0.263 e. The molecule has 2 rings (SSSR count). The molecule has 1 fully saturated rings. The van der Waals surface area contributed by atoms with Gasteiger partial charge in [-0.25, -0.2) is 0 Å². The zero-order valence-corrected chi connectivity index (χ0v) is 11.7. The molecule has 0 spiro atoms. The Balaban J connectivity index is 2.36. The van der Waals surface area contributed by atoms with Crippen molar-refractivity contribution in [3.05, 3.63) is 41.5 Å². The predicted octanol–water partition coefficient (Wildman–Crippen LogP) is 2.67. The Hall–Kier alpha value is -2.10. The lowest BCUT2D eigenvalue weighted by Crippen LogP contribution is -2.60. The summed E-state index contributed by atoms with van der Waals surface area (Å²) in [5.74, 6) is 0.566. The second-order valence-electron chi connectivity index (χ2n) is 5.38. The second-order valence-corrected chi connectivity index (χ2v) is 5.38. The number of likely N-dealkylation sites (tertiary alicyclic amines) is 1. The molecule has 1 saturated heterocycles. The van der Waals surface area contributed by atoms with Gasteiger partial charge in [-0.1, -0.05) is 35.5 Å². The van der Waals surface area contributed by atoms with Crippen LogP contribution in [-0.2, 0) is 9.63 Å². The van der Waals surface area contributed by atoms with Gasteiger partial charge >= 0.3 is 0 Å². The Morgan fingerprint density at radius 2 is 1.84 bits per heavy atom. The fourth-order valence-electron chi connectivity index (χ4n) is 2.02. The van der Waals surface area contributed by atoms with Crippen LogP contribution in [0.25, 0.3) is 6.08 Å². The van der Waals surface area contributed by atoms with Gasteiger partial charge in [-0.05, 0) is 32.4 Å². The largest absolute Gasteiger partial charge is 0.397 e. The molecule has 0 saturated carbocycles. The van der Waals surface area contributed by atoms with E-state index >= 15 is 0 Å². The summed E-state index contributed by atoms with van der Waals surface area (Å²) in [6, 6.07) is 9.71. The van der Waals surface area contributed by atoms with E-state index in [1.807, 2.05) is 57.2 Å². The van der Waals surface area contributed by atoms with Gasteiger partial charge in [0.15, 0.2) is 5.84 Å². The number of carbonyl (C=O) groups excluding carboxylic acids is 1. The minimum absolute atomic E-state index is 0.0212. The number of hydrogen-bond acceptors (Lipinski definition) is 3. The van der Waals surface area contributed by atoms with Crippen LogP contribution in [0.5, 0.6) is 0 Å². The Bertz CT molecular complexity index is 539. The Morgan fingerprint density at radius 3 is 2.37 bits per heavy atom. The van der Waals surface area contributed by atoms with Crippen LogP contribution in [0.15, 0.2) is 41.1 Å². The Morgan fingerprint density at radius 1 is 1.21 bits per heavy atom. The van der Waals surface area contributed by atoms with Crippen molar-refractivity contribution in [2.24, 2.45) is 5.16 Å². The van der Waals surface area contributed by atoms with Gasteiger partial charge in [-0.3, -0.25) is 9.69 Å². The fourth-order valence-corrected chi connectivity index (χ4v) is 2.02. The standard InChI is InChI=1S/C15H18N2O2/c1-15(2,3)17-13(16-19-4)12(14(17)18)10-11-8-6-5-7-9-11/h5-10H,1-4H3. The predicted molar refractivity (Wildman–Crippen MR) is 75.5 cm³/mol. The van der Waals surface area contributed by atoms with Crippen molar-refractivity contribution >= 4 is 17.8 Å². The molecule has 0 radical (unpaired) electrons. The maximum absolute atomic E-state index is 12.2. The van der Waals surface area contributed by atoms with E-state index in [9.17, 15) is 4.79 Å². The molecule has 1 aliphatic rings. The van der Waals surface area contributed by atoms with E-state index < -0.39 is 0 Å². The van der Waals surface area contributed by atoms with Crippen LogP contribution in [0.2, 0.25) is 0 Å². The molecule has 0 N–H and O–H groups in total. The SMILES string of the molecule is CON=C1C(=Cc2ccccc2)C(=O)N1C(C)(C)C. The van der Waals surface area contributed by atoms with Gasteiger partial charge in [0.2, 0.25) is 0 Å². The quantitative estimate of drug-likeness (QED) is 0.465. The van der Waals surface area contributed by atoms with Crippen molar-refractivity contribution in [3.63, 3.8) is 0 Å². The topological polar surface area (TPSA) is 41.9 Å². The third-order valence-corrected chi connectivity index (χ3v) is 2.85. The summed E-state index contributed by atoms with van der Waals surface area (Å²) in [6.07, 6.45) is 1.84. The normalized spacial score (nSPS) is 19.8. The average Bonchev–Trinajstić information content (AvgIpc) is 2.35. The van der Waals surface area contributed by atoms with Gasteiger partial charge in [-0.15, -0.1) is 0 Å². The lowest BCUT2D eigenvalue weighted by molar-refractivity contribution is -0.129. The van der Waals surface area contributed by atoms with Gasteiger partial charge in [0.05, 0.1) is 5.57 Å². The number of amidine groups is 1. The van der Waals surface area contributed by atoms with Gasteiger partial charge in [0.1, 0.15) is 7.11 Å². The number of rotatable bonds is 2. The molecule has 1 aliphatic heterocycles. The van der Waals surface area contributed by atoms with Crippen LogP contribution < -0.4 is 0 Å². The number of benzene rings is 1. The van der Waals surface area contributed by atoms with Crippen LogP contribution >= 0.6 is 0 Å². The zero-order chi connectivity index (χ0) is 14.0. The first-order chi connectivity index (χ1) is 8.95. The van der Waals surface area contributed by atoms with Gasteiger partial charge < -0.3 is 4.84 Å². The van der Waals surface area contributed by atoms with Crippen LogP contribution in [0, 0.1) is 0 Å². The lowest BCUT2D eigenvalue weighted by Gasteiger charge is -2.43. The van der Waals surface area contributed by atoms with Crippen LogP contribution in [-0.4, -0.2) is 29.3 Å². The summed E-state index contributed by atoms with van der Waals surface area (Å²) in [4.78, 5) is 18.7. The molecule has 4 heteroatoms. The van der Waals surface area contributed by atoms with Crippen LogP contribution in [0.1, 0.15) is 26.3 Å². The summed E-state index contributed by atoms with van der Waals surface area (Å²) in [7, 11) is 1.48. The molecule has 1 amide bonds. The molecular formula is C15H18N2O2. The van der Waals surface area contributed by atoms with E-state index in [2.05, 4.69) is 5.16 Å². The average molecular weight is 258 g/mol. The van der Waals surface area contributed by atoms with Crippen LogP contribution in [0.3, 0.4) is 0 Å². The number of β-lactam (4-membered cyclic amide) rings is 1. The highest BCUT2D eigenvalue weighted by Crippen LogP contribution is 2.30. The van der Waals surface area contributed by atoms with Crippen molar-refractivity contribution in [3.8, 4) is 0 Å². The van der Waals surface area contributed by atoms with Gasteiger partial charge in [-0.2, -0.15) is 0 Å². The Kier molecular flexibility index (Phi) is 3.42. The number of carbonyl (C=O) groups is 1. The molecule has 0 aliphatic carbocycles. The van der Waals surface area contributed by atoms with E-state index in [0.29, 0.717) is 11.4 Å². The van der Waals surface area contributed by atoms with E-state index in [-0.39, 0.29) is 11.4 Å². The van der Waals surface area contributed by atoms with E-state index in [4.69, 9.17) is 4.84 Å². The molecule has 0 aromatic heterocycles. The lowest BCUT2D eigenvalue weighted by atomic mass is 9.93. The Labute approximate surface area is 113 Å². The molecule has 0 bridgehead atoms. The van der Waals surface area contributed by atoms with Crippen molar-refractivity contribution in [1.29, 1.82) is 0 Å². The molecule has 100 valence electrons. The minimum atomic E-state index is -0.303. The van der Waals surface area contributed by atoms with Gasteiger partial charge in [0.25, 0.3) is 5.91 Å². The third-order valence-electron chi connectivity index (χ3n) is 2.85. The van der Waals surface area contributed by atoms with Crippen molar-refractivity contribution in [2.75, 3.05) is 7.11 Å². The number of oxime groups is 1. The number of nitrogens with zero attached hydrogens (tertiary/aromatic N) is 2. The van der Waals surface area contributed by atoms with E-state index in [1.165, 1.54) is 7.11 Å². The maximum atomic E-state index is 12.2. The van der Waals surface area contributed by atoms with Crippen molar-refractivity contribution in [2.45, 2.75) is 26.3 Å². The fraction of sp³-hybridized carbons (Fsp3) is 0.333. The second kappa shape index (κ2) is 4.88. The summed E-state index contributed by atoms with van der Waals surface area (Å²) < 4.78 is 0. The van der Waals surface area contributed by atoms with E-state index in [0.717, 1.165) is 5.56 Å². The summed E-state index contributed by atoms with van der Waals surface area (Å²) in [5, 5.41) is 3.96. The van der Waals surface area contributed by atoms with Gasteiger partial charge in [0, 0.05) is 5.54 Å². The minimum Gasteiger partial charge on any atom is -0.397 e. The molecule has 1 heterocycles. The molecule has 19 heavy (non-hydrogen) atoms. The third kappa shape index (κ3) is 2.52. The molecule has 4 nitrogen and oxygen atoms in total. The smallest absolute Gasteiger partial charge is 0.263 e. The summed E-state index contributed by atoms with van der Waals surface area (Å²) in [5.41, 5.74) is 1.26. The number of amides is 1. The monoisotopic (exact) mass is 258 g/mol. The first-order valence-corrected chi connectivity index (χ1v) is 6.18. The highest BCUT2D eigenvalue weighted by Gasteiger charge is 2.45. The molecule has 1 aromatic carbocycles. The first-order valence-electron chi connectivity index (χ1n) is 6.18. The summed E-state index contributed by atoms with van der Waals surface area (Å²) in [6.45, 7) is 5.90. The van der Waals surface area contributed by atoms with Crippen molar-refractivity contribution < 1.29 is 9.63 Å². The van der Waals surface area contributed by atoms with E-state index in [1.54, 1.807) is 4.90 Å². The highest BCUT2D eigenvalue weighted by molar-refractivity contribution is 6.38. The first kappa shape index (κ1) is 13.3. The molecule has 1 aromatic rings. The number of hydrogen-bond donors (Lipinski definition) is 0. The van der Waals surface area contributed by atoms with Crippen LogP contribution in [0.4, 0.5) is 0 Å². The molecule has 0 unspecified atom stereocenters. The molecule has 0 atom stereocenters. The zero-order valence-electron chi connectivity index (χ0n) is 11.7. The summed E-state index contributed by atoms with van der Waals surface area (Å²) >= 11 is 0. The van der Waals surface area contributed by atoms with Crippen molar-refractivity contribution in [1.82, 2.24) is 4.90 Å².